The summed E-state index contributed by atoms with van der Waals surface area (Å²) in [6.07, 6.45) is 1.85. The second-order valence-corrected chi connectivity index (χ2v) is 2.45. The van der Waals surface area contributed by atoms with Crippen LogP contribution in [-0.4, -0.2) is 36.9 Å². The van der Waals surface area contributed by atoms with Gasteiger partial charge in [-0.15, -0.1) is 5.10 Å². The molecule has 0 aliphatic rings. The lowest BCUT2D eigenvalue weighted by molar-refractivity contribution is 0.0690. The van der Waals surface area contributed by atoms with Gasteiger partial charge in [-0.2, -0.15) is 4.98 Å². The average molecular weight is 192 g/mol. The Bertz CT molecular complexity index is 519. The van der Waals surface area contributed by atoms with Crippen LogP contribution in [0.5, 0.6) is 0 Å². The van der Waals surface area contributed by atoms with Gasteiger partial charge in [0, 0.05) is 6.20 Å². The van der Waals surface area contributed by atoms with Crippen molar-refractivity contribution in [2.75, 3.05) is 0 Å². The summed E-state index contributed by atoms with van der Waals surface area (Å²) in [5, 5.41) is 12.3. The molecule has 2 aromatic rings. The summed E-state index contributed by atoms with van der Waals surface area (Å²) in [5.41, 5.74) is -0.137. The first kappa shape index (κ1) is 8.30. The first-order valence-electron chi connectivity index (χ1n) is 3.62. The van der Waals surface area contributed by atoms with Crippen LogP contribution in [-0.2, 0) is 0 Å². The first-order chi connectivity index (χ1) is 6.70. The maximum atomic E-state index is 10.5. The van der Waals surface area contributed by atoms with Gasteiger partial charge in [-0.25, -0.2) is 14.3 Å². The van der Waals surface area contributed by atoms with Crippen molar-refractivity contribution in [3.8, 4) is 0 Å². The van der Waals surface area contributed by atoms with Gasteiger partial charge in [0.15, 0.2) is 12.0 Å². The number of carboxylic acids is 1. The zero-order valence-electron chi connectivity index (χ0n) is 6.78. The molecule has 2 heterocycles. The zero-order valence-corrected chi connectivity index (χ0v) is 6.78. The predicted octanol–water partition coefficient (Wildman–Crippen LogP) is -0.365. The van der Waals surface area contributed by atoms with Crippen LogP contribution in [0.25, 0.3) is 5.78 Å². The number of fused-ring (bicyclic) bond motifs is 1. The quantitative estimate of drug-likeness (QED) is 0.652. The normalized spacial score (nSPS) is 10.3. The minimum absolute atomic E-state index is 0.0277. The van der Waals surface area contributed by atoms with Gasteiger partial charge in [-0.05, 0) is 6.07 Å². The molecule has 0 atom stereocenters. The van der Waals surface area contributed by atoms with Crippen molar-refractivity contribution in [1.29, 1.82) is 0 Å². The van der Waals surface area contributed by atoms with E-state index in [1.54, 1.807) is 0 Å². The Balaban J connectivity index is 2.65. The van der Waals surface area contributed by atoms with Crippen molar-refractivity contribution >= 4 is 18.0 Å². The first-order valence-corrected chi connectivity index (χ1v) is 3.62. The Hall–Kier alpha value is -2.31. The minimum Gasteiger partial charge on any atom is -0.477 e. The Morgan fingerprint density at radius 3 is 2.93 bits per heavy atom. The van der Waals surface area contributed by atoms with Crippen molar-refractivity contribution < 1.29 is 14.7 Å². The molecule has 0 amide bonds. The summed E-state index contributed by atoms with van der Waals surface area (Å²) in [5.74, 6) is -1.09. The Labute approximate surface area is 77.0 Å². The fourth-order valence-electron chi connectivity index (χ4n) is 0.963. The molecule has 1 N–H and O–H groups in total. The highest BCUT2D eigenvalue weighted by Gasteiger charge is 2.08. The summed E-state index contributed by atoms with van der Waals surface area (Å²) < 4.78 is 1.23. The molecule has 0 saturated heterocycles. The molecule has 0 saturated carbocycles. The molecule has 0 aliphatic heterocycles. The van der Waals surface area contributed by atoms with E-state index < -0.39 is 5.97 Å². The van der Waals surface area contributed by atoms with Gasteiger partial charge in [-0.3, -0.25) is 4.79 Å². The van der Waals surface area contributed by atoms with E-state index in [0.29, 0.717) is 6.29 Å². The van der Waals surface area contributed by atoms with Crippen LogP contribution in [0.3, 0.4) is 0 Å². The zero-order chi connectivity index (χ0) is 10.1. The Kier molecular flexibility index (Phi) is 1.70. The average Bonchev–Trinajstić information content (AvgIpc) is 2.58. The number of carbonyl (C=O) groups excluding carboxylic acids is 1. The summed E-state index contributed by atoms with van der Waals surface area (Å²) in [6, 6.07) is 1.28. The summed E-state index contributed by atoms with van der Waals surface area (Å²) in [4.78, 5) is 28.2. The minimum atomic E-state index is -1.15. The Morgan fingerprint density at radius 2 is 2.29 bits per heavy atom. The largest absolute Gasteiger partial charge is 0.477 e. The number of aromatic nitrogens is 4. The second kappa shape index (κ2) is 2.87. The lowest BCUT2D eigenvalue weighted by Crippen LogP contribution is -2.02. The van der Waals surface area contributed by atoms with Crippen LogP contribution in [0.2, 0.25) is 0 Å². The van der Waals surface area contributed by atoms with E-state index in [1.807, 2.05) is 0 Å². The highest BCUT2D eigenvalue weighted by Crippen LogP contribution is 1.99. The van der Waals surface area contributed by atoms with Gasteiger partial charge in [0.2, 0.25) is 5.82 Å². The maximum absolute atomic E-state index is 10.5. The molecule has 7 heteroatoms. The van der Waals surface area contributed by atoms with Crippen LogP contribution >= 0.6 is 0 Å². The van der Waals surface area contributed by atoms with Crippen molar-refractivity contribution in [1.82, 2.24) is 19.6 Å². The smallest absolute Gasteiger partial charge is 0.354 e. The number of hydrogen-bond acceptors (Lipinski definition) is 5. The molecule has 2 aromatic heterocycles. The summed E-state index contributed by atoms with van der Waals surface area (Å²) >= 11 is 0. The van der Waals surface area contributed by atoms with Crippen molar-refractivity contribution in [2.24, 2.45) is 0 Å². The van der Waals surface area contributed by atoms with E-state index >= 15 is 0 Å². The lowest BCUT2D eigenvalue weighted by atomic mass is 10.4. The maximum Gasteiger partial charge on any atom is 0.354 e. The van der Waals surface area contributed by atoms with E-state index in [4.69, 9.17) is 5.11 Å². The fraction of sp³-hybridized carbons (Fsp3) is 0. The number of carboxylic acid groups (broad SMARTS) is 1. The van der Waals surface area contributed by atoms with Gasteiger partial charge in [0.1, 0.15) is 0 Å². The SMILES string of the molecule is O=Cc1nc2nc(C(=O)O)ccn2n1. The van der Waals surface area contributed by atoms with Crippen molar-refractivity contribution in [3.63, 3.8) is 0 Å². The molecule has 0 fully saturated rings. The van der Waals surface area contributed by atoms with Crippen LogP contribution in [0.1, 0.15) is 21.1 Å². The standard InChI is InChI=1S/C7H4N4O3/c12-3-5-9-7-8-4(6(13)14)1-2-11(7)10-5/h1-3H,(H,13,14). The highest BCUT2D eigenvalue weighted by atomic mass is 16.4. The molecule has 0 bridgehead atoms. The topological polar surface area (TPSA) is 97.5 Å². The van der Waals surface area contributed by atoms with Crippen LogP contribution < -0.4 is 0 Å². The number of hydrogen-bond donors (Lipinski definition) is 1. The van der Waals surface area contributed by atoms with Gasteiger partial charge in [0.05, 0.1) is 0 Å². The summed E-state index contributed by atoms with van der Waals surface area (Å²) in [6.45, 7) is 0. The summed E-state index contributed by atoms with van der Waals surface area (Å²) in [7, 11) is 0. The highest BCUT2D eigenvalue weighted by molar-refractivity contribution is 5.85. The molecule has 0 aliphatic carbocycles. The lowest BCUT2D eigenvalue weighted by Gasteiger charge is -1.92. The third-order valence-electron chi connectivity index (χ3n) is 1.55. The number of aldehydes is 1. The van der Waals surface area contributed by atoms with Gasteiger partial charge < -0.3 is 5.11 Å². The van der Waals surface area contributed by atoms with Gasteiger partial charge in [-0.1, -0.05) is 0 Å². The van der Waals surface area contributed by atoms with E-state index in [2.05, 4.69) is 15.1 Å². The van der Waals surface area contributed by atoms with Crippen LogP contribution in [0.4, 0.5) is 0 Å². The molecule has 7 nitrogen and oxygen atoms in total. The van der Waals surface area contributed by atoms with Crippen LogP contribution in [0, 0.1) is 0 Å². The molecule has 0 spiro atoms. The van der Waals surface area contributed by atoms with E-state index in [9.17, 15) is 9.59 Å². The van der Waals surface area contributed by atoms with Crippen molar-refractivity contribution in [2.45, 2.75) is 0 Å². The molecular formula is C7H4N4O3. The van der Waals surface area contributed by atoms with Gasteiger partial charge >= 0.3 is 5.97 Å². The van der Waals surface area contributed by atoms with E-state index in [-0.39, 0.29) is 17.3 Å². The number of carbonyl (C=O) groups is 2. The van der Waals surface area contributed by atoms with Crippen LogP contribution in [0.15, 0.2) is 12.3 Å². The molecule has 0 unspecified atom stereocenters. The molecule has 14 heavy (non-hydrogen) atoms. The molecular weight excluding hydrogens is 188 g/mol. The van der Waals surface area contributed by atoms with E-state index in [0.717, 1.165) is 0 Å². The molecule has 2 rings (SSSR count). The predicted molar refractivity (Wildman–Crippen MR) is 43.1 cm³/mol. The number of aromatic carboxylic acids is 1. The third-order valence-corrected chi connectivity index (χ3v) is 1.55. The van der Waals surface area contributed by atoms with Gasteiger partial charge in [0.25, 0.3) is 5.78 Å². The van der Waals surface area contributed by atoms with Crippen molar-refractivity contribution in [3.05, 3.63) is 23.8 Å². The molecule has 0 radical (unpaired) electrons. The number of nitrogens with zero attached hydrogens (tertiary/aromatic N) is 4. The van der Waals surface area contributed by atoms with E-state index in [1.165, 1.54) is 16.8 Å². The molecule has 0 aromatic carbocycles. The number of rotatable bonds is 2. The fourth-order valence-corrected chi connectivity index (χ4v) is 0.963. The Morgan fingerprint density at radius 1 is 1.50 bits per heavy atom. The monoisotopic (exact) mass is 192 g/mol. The third kappa shape index (κ3) is 1.20. The molecule has 70 valence electrons. The second-order valence-electron chi connectivity index (χ2n) is 2.45.